The fourth-order valence-electron chi connectivity index (χ4n) is 5.87. The topological polar surface area (TPSA) is 151 Å². The zero-order valence-corrected chi connectivity index (χ0v) is 24.4. The third-order valence-electron chi connectivity index (χ3n) is 8.19. The Balaban J connectivity index is 1.55. The van der Waals surface area contributed by atoms with Crippen molar-refractivity contribution in [2.24, 2.45) is 11.8 Å². The number of carbonyl (C=O) groups is 4. The Bertz CT molecular complexity index is 1080. The third kappa shape index (κ3) is 7.24. The highest BCUT2D eigenvalue weighted by molar-refractivity contribution is 7.91. The van der Waals surface area contributed by atoms with Gasteiger partial charge in [-0.05, 0) is 71.1 Å². The summed E-state index contributed by atoms with van der Waals surface area (Å²) in [5.41, 5.74) is -2.01. The van der Waals surface area contributed by atoms with Crippen molar-refractivity contribution in [3.8, 4) is 0 Å². The van der Waals surface area contributed by atoms with E-state index in [1.54, 1.807) is 20.8 Å². The standard InChI is InChI=1S/C27H44N4O7S/c1-17-14-21-22(32)29-27(24(34)30-39(36,37)19-12-13-19)15-18(27)10-8-6-5-7-9-11-20(23(33)31(21)16-17)28-25(35)38-26(2,3)4/h17-21H,5-16H2,1-4H3,(H,28,35)(H,29,32)(H,30,34)/t17-,18-,20+,21+,27-/m1/s1. The second kappa shape index (κ2) is 11.2. The highest BCUT2D eigenvalue weighted by Crippen LogP contribution is 2.48. The van der Waals surface area contributed by atoms with Crippen LogP contribution in [0.2, 0.25) is 0 Å². The summed E-state index contributed by atoms with van der Waals surface area (Å²) in [5.74, 6) is -1.58. The number of amides is 4. The fraction of sp³-hybridized carbons (Fsp3) is 0.852. The number of hydrogen-bond donors (Lipinski definition) is 3. The number of nitrogens with one attached hydrogen (secondary N) is 3. The molecule has 0 bridgehead atoms. The van der Waals surface area contributed by atoms with Gasteiger partial charge in [0.15, 0.2) is 0 Å². The van der Waals surface area contributed by atoms with Gasteiger partial charge >= 0.3 is 6.09 Å². The van der Waals surface area contributed by atoms with Gasteiger partial charge in [0.05, 0.1) is 5.25 Å². The molecule has 2 aliphatic heterocycles. The number of ether oxygens (including phenoxy) is 1. The van der Waals surface area contributed by atoms with E-state index in [9.17, 15) is 27.6 Å². The first kappa shape index (κ1) is 29.6. The maximum atomic E-state index is 13.7. The summed E-state index contributed by atoms with van der Waals surface area (Å²) in [6.07, 6.45) is 6.66. The zero-order chi connectivity index (χ0) is 28.6. The third-order valence-corrected chi connectivity index (χ3v) is 10.0. The first-order valence-corrected chi connectivity index (χ1v) is 15.9. The van der Waals surface area contributed by atoms with Crippen LogP contribution in [-0.2, 0) is 29.1 Å². The van der Waals surface area contributed by atoms with Crippen LogP contribution < -0.4 is 15.4 Å². The summed E-state index contributed by atoms with van der Waals surface area (Å²) >= 11 is 0. The average molecular weight is 569 g/mol. The second-order valence-corrected chi connectivity index (χ2v) is 14.9. The summed E-state index contributed by atoms with van der Waals surface area (Å²) in [5, 5.41) is 5.08. The Labute approximate surface area is 231 Å². The van der Waals surface area contributed by atoms with Crippen LogP contribution in [0.1, 0.15) is 98.3 Å². The monoisotopic (exact) mass is 568 g/mol. The molecule has 4 amide bonds. The van der Waals surface area contributed by atoms with Crippen LogP contribution in [0.25, 0.3) is 0 Å². The Kier molecular flexibility index (Phi) is 8.54. The molecule has 0 spiro atoms. The molecule has 2 heterocycles. The molecule has 220 valence electrons. The Hall–Kier alpha value is -2.37. The lowest BCUT2D eigenvalue weighted by Gasteiger charge is -2.30. The first-order valence-electron chi connectivity index (χ1n) is 14.4. The summed E-state index contributed by atoms with van der Waals surface area (Å²) in [7, 11) is -3.76. The van der Waals surface area contributed by atoms with E-state index in [0.717, 1.165) is 32.1 Å². The molecule has 11 nitrogen and oxygen atoms in total. The Morgan fingerprint density at radius 1 is 1.03 bits per heavy atom. The summed E-state index contributed by atoms with van der Waals surface area (Å²) in [6.45, 7) is 7.55. The van der Waals surface area contributed by atoms with Crippen LogP contribution >= 0.6 is 0 Å². The molecule has 0 aromatic carbocycles. The van der Waals surface area contributed by atoms with Gasteiger partial charge in [-0.1, -0.05) is 39.0 Å². The smallest absolute Gasteiger partial charge is 0.408 e. The van der Waals surface area contributed by atoms with Crippen LogP contribution in [0.15, 0.2) is 0 Å². The predicted molar refractivity (Wildman–Crippen MR) is 144 cm³/mol. The molecule has 2 saturated carbocycles. The molecule has 2 saturated heterocycles. The molecule has 3 N–H and O–H groups in total. The molecule has 39 heavy (non-hydrogen) atoms. The SMILES string of the molecule is C[C@@H]1C[C@H]2C(=O)N[C@]3(C(=O)NS(=O)(=O)C4CC4)C[C@H]3CCCCCCC[C@H](NC(=O)OC(C)(C)C)C(=O)N2C1. The number of alkyl carbamates (subject to hydrolysis) is 1. The van der Waals surface area contributed by atoms with Crippen LogP contribution in [0.5, 0.6) is 0 Å². The normalized spacial score (nSPS) is 32.6. The first-order chi connectivity index (χ1) is 18.2. The van der Waals surface area contributed by atoms with Crippen LogP contribution in [0.3, 0.4) is 0 Å². The lowest BCUT2D eigenvalue weighted by atomic mass is 10.0. The Morgan fingerprint density at radius 2 is 1.67 bits per heavy atom. The van der Waals surface area contributed by atoms with E-state index in [1.807, 2.05) is 6.92 Å². The molecule has 0 aromatic heterocycles. The highest BCUT2D eigenvalue weighted by atomic mass is 32.2. The molecular weight excluding hydrogens is 524 g/mol. The van der Waals surface area contributed by atoms with Gasteiger partial charge in [0.1, 0.15) is 23.2 Å². The number of hydrogen-bond acceptors (Lipinski definition) is 7. The summed E-state index contributed by atoms with van der Waals surface area (Å²) in [4.78, 5) is 54.8. The van der Waals surface area contributed by atoms with Crippen molar-refractivity contribution in [1.29, 1.82) is 0 Å². The van der Waals surface area contributed by atoms with Gasteiger partial charge < -0.3 is 20.3 Å². The molecule has 12 heteroatoms. The van der Waals surface area contributed by atoms with E-state index < -0.39 is 56.4 Å². The molecule has 4 aliphatic rings. The van der Waals surface area contributed by atoms with Gasteiger partial charge in [-0.3, -0.25) is 19.1 Å². The van der Waals surface area contributed by atoms with Crippen LogP contribution in [0.4, 0.5) is 4.79 Å². The van der Waals surface area contributed by atoms with Crippen LogP contribution in [-0.4, -0.2) is 72.2 Å². The quantitative estimate of drug-likeness (QED) is 0.471. The summed E-state index contributed by atoms with van der Waals surface area (Å²) < 4.78 is 32.7. The van der Waals surface area contributed by atoms with E-state index in [1.165, 1.54) is 4.90 Å². The zero-order valence-electron chi connectivity index (χ0n) is 23.6. The van der Waals surface area contributed by atoms with Gasteiger partial charge in [-0.15, -0.1) is 0 Å². The molecular formula is C27H44N4O7S. The predicted octanol–water partition coefficient (Wildman–Crippen LogP) is 2.34. The minimum absolute atomic E-state index is 0.0424. The van der Waals surface area contributed by atoms with E-state index in [-0.39, 0.29) is 17.7 Å². The maximum Gasteiger partial charge on any atom is 0.408 e. The number of nitrogens with zero attached hydrogens (tertiary/aromatic N) is 1. The number of sulfonamides is 1. The molecule has 2 aliphatic carbocycles. The van der Waals surface area contributed by atoms with Crippen molar-refractivity contribution in [1.82, 2.24) is 20.3 Å². The average Bonchev–Trinajstić information content (AvgIpc) is 3.73. The largest absolute Gasteiger partial charge is 0.444 e. The number of carbonyl (C=O) groups excluding carboxylic acids is 4. The van der Waals surface area contributed by atoms with Crippen molar-refractivity contribution in [3.05, 3.63) is 0 Å². The van der Waals surface area contributed by atoms with Crippen molar-refractivity contribution in [3.63, 3.8) is 0 Å². The molecule has 4 fully saturated rings. The minimum Gasteiger partial charge on any atom is -0.444 e. The van der Waals surface area contributed by atoms with E-state index in [0.29, 0.717) is 45.1 Å². The van der Waals surface area contributed by atoms with Crippen molar-refractivity contribution < 1.29 is 32.3 Å². The molecule has 4 rings (SSSR count). The number of fused-ring (bicyclic) bond motifs is 2. The van der Waals surface area contributed by atoms with Crippen LogP contribution in [0, 0.1) is 11.8 Å². The van der Waals surface area contributed by atoms with Crippen molar-refractivity contribution >= 4 is 33.8 Å². The van der Waals surface area contributed by atoms with Gasteiger partial charge in [0, 0.05) is 6.54 Å². The highest BCUT2D eigenvalue weighted by Gasteiger charge is 2.62. The molecule has 0 aromatic rings. The molecule has 0 unspecified atom stereocenters. The van der Waals surface area contributed by atoms with E-state index in [4.69, 9.17) is 4.74 Å². The fourth-order valence-corrected chi connectivity index (χ4v) is 7.23. The summed E-state index contributed by atoms with van der Waals surface area (Å²) in [6, 6.07) is -1.65. The minimum atomic E-state index is -3.76. The molecule has 0 radical (unpaired) electrons. The van der Waals surface area contributed by atoms with Gasteiger partial charge in [-0.25, -0.2) is 13.2 Å². The van der Waals surface area contributed by atoms with Crippen molar-refractivity contribution in [2.45, 2.75) is 127 Å². The lowest BCUT2D eigenvalue weighted by molar-refractivity contribution is -0.141. The lowest BCUT2D eigenvalue weighted by Crippen LogP contribution is -2.58. The van der Waals surface area contributed by atoms with Gasteiger partial charge in [-0.2, -0.15) is 0 Å². The second-order valence-electron chi connectivity index (χ2n) is 12.9. The van der Waals surface area contributed by atoms with E-state index in [2.05, 4.69) is 15.4 Å². The van der Waals surface area contributed by atoms with Gasteiger partial charge in [0.25, 0.3) is 5.91 Å². The molecule has 5 atom stereocenters. The van der Waals surface area contributed by atoms with Gasteiger partial charge in [0.2, 0.25) is 21.8 Å². The Morgan fingerprint density at radius 3 is 2.31 bits per heavy atom. The van der Waals surface area contributed by atoms with Crippen molar-refractivity contribution in [2.75, 3.05) is 6.54 Å². The van der Waals surface area contributed by atoms with E-state index >= 15 is 0 Å². The maximum absolute atomic E-state index is 13.7. The number of rotatable bonds is 4.